The van der Waals surface area contributed by atoms with Gasteiger partial charge in [-0.05, 0) is 86.0 Å². The zero-order valence-corrected chi connectivity index (χ0v) is 29.9. The molecule has 0 spiro atoms. The molecule has 0 N–H and O–H groups in total. The van der Waals surface area contributed by atoms with E-state index in [9.17, 15) is 0 Å². The Labute approximate surface area is 319 Å². The molecule has 0 fully saturated rings. The van der Waals surface area contributed by atoms with E-state index in [-0.39, 0.29) is 0 Å². The predicted molar refractivity (Wildman–Crippen MR) is 227 cm³/mol. The summed E-state index contributed by atoms with van der Waals surface area (Å²) in [5.74, 6) is 0.619. The third-order valence-corrected chi connectivity index (χ3v) is 10.3. The molecule has 10 rings (SSSR count). The van der Waals surface area contributed by atoms with E-state index in [0.717, 1.165) is 66.6 Å². The molecule has 8 aromatic carbocycles. The van der Waals surface area contributed by atoms with Crippen molar-refractivity contribution in [2.75, 3.05) is 0 Å². The molecule has 0 amide bonds. The van der Waals surface area contributed by atoms with Gasteiger partial charge in [0.1, 0.15) is 5.58 Å². The lowest BCUT2D eigenvalue weighted by Crippen LogP contribution is -1.94. The van der Waals surface area contributed by atoms with E-state index < -0.39 is 0 Å². The molecule has 0 atom stereocenters. The summed E-state index contributed by atoms with van der Waals surface area (Å²) in [7, 11) is 0. The summed E-state index contributed by atoms with van der Waals surface area (Å²) in [5, 5.41) is 1.92. The van der Waals surface area contributed by atoms with Crippen molar-refractivity contribution >= 4 is 22.1 Å². The maximum absolute atomic E-state index is 6.40. The van der Waals surface area contributed by atoms with Gasteiger partial charge in [0.2, 0.25) is 5.71 Å². The highest BCUT2D eigenvalue weighted by Gasteiger charge is 2.19. The first-order chi connectivity index (χ1) is 27.2. The molecule has 0 radical (unpaired) electrons. The molecule has 55 heavy (non-hydrogen) atoms. The van der Waals surface area contributed by atoms with Crippen molar-refractivity contribution in [1.82, 2.24) is 9.97 Å². The van der Waals surface area contributed by atoms with Crippen LogP contribution >= 0.6 is 0 Å². The number of hydrogen-bond acceptors (Lipinski definition) is 3. The van der Waals surface area contributed by atoms with Gasteiger partial charge in [0, 0.05) is 16.5 Å². The molecule has 0 aliphatic heterocycles. The molecule has 2 heterocycles. The van der Waals surface area contributed by atoms with Crippen molar-refractivity contribution in [2.45, 2.75) is 0 Å². The zero-order chi connectivity index (χ0) is 36.6. The average molecular weight is 703 g/mol. The third-order valence-electron chi connectivity index (χ3n) is 10.3. The van der Waals surface area contributed by atoms with Gasteiger partial charge >= 0.3 is 0 Å². The summed E-state index contributed by atoms with van der Waals surface area (Å²) in [6.45, 7) is 0. The minimum absolute atomic E-state index is 0.576. The maximum atomic E-state index is 6.40. The van der Waals surface area contributed by atoms with Gasteiger partial charge in [0.15, 0.2) is 5.82 Å². The van der Waals surface area contributed by atoms with E-state index in [1.165, 1.54) is 22.3 Å². The highest BCUT2D eigenvalue weighted by molar-refractivity contribution is 6.10. The first-order valence-electron chi connectivity index (χ1n) is 18.6. The SMILES string of the molecule is c1ccc(-c2cccc(-c3nc(-c4cccc(-c5cccc(-c6ccc(-c7ccccc7)c(-c7ccccc7)c6)c5)c4)nc4oc5ccccc5c34)c2)cc1. The summed E-state index contributed by atoms with van der Waals surface area (Å²) >= 11 is 0. The molecule has 2 aromatic heterocycles. The summed E-state index contributed by atoms with van der Waals surface area (Å²) in [4.78, 5) is 10.3. The number of fused-ring (bicyclic) bond motifs is 3. The van der Waals surface area contributed by atoms with E-state index in [1.54, 1.807) is 0 Å². The normalized spacial score (nSPS) is 11.3. The monoisotopic (exact) mass is 702 g/mol. The third kappa shape index (κ3) is 6.18. The van der Waals surface area contributed by atoms with Crippen molar-refractivity contribution in [3.8, 4) is 78.3 Å². The van der Waals surface area contributed by atoms with Crippen LogP contribution in [0.4, 0.5) is 0 Å². The number of rotatable bonds is 7. The average Bonchev–Trinajstić information content (AvgIpc) is 3.66. The van der Waals surface area contributed by atoms with Crippen LogP contribution in [-0.4, -0.2) is 9.97 Å². The Morgan fingerprint density at radius 3 is 1.45 bits per heavy atom. The van der Waals surface area contributed by atoms with Crippen LogP contribution in [0.15, 0.2) is 211 Å². The van der Waals surface area contributed by atoms with Crippen molar-refractivity contribution in [1.29, 1.82) is 0 Å². The fourth-order valence-electron chi connectivity index (χ4n) is 7.60. The Morgan fingerprint density at radius 1 is 0.309 bits per heavy atom. The smallest absolute Gasteiger partial charge is 0.231 e. The quantitative estimate of drug-likeness (QED) is 0.166. The van der Waals surface area contributed by atoms with Gasteiger partial charge in [0.25, 0.3) is 0 Å². The van der Waals surface area contributed by atoms with E-state index in [4.69, 9.17) is 14.4 Å². The fraction of sp³-hybridized carbons (Fsp3) is 0. The molecule has 0 bridgehead atoms. The van der Waals surface area contributed by atoms with Crippen molar-refractivity contribution < 1.29 is 4.42 Å². The van der Waals surface area contributed by atoms with Gasteiger partial charge < -0.3 is 4.42 Å². The first kappa shape index (κ1) is 32.3. The fourth-order valence-corrected chi connectivity index (χ4v) is 7.60. The lowest BCUT2D eigenvalue weighted by Gasteiger charge is -2.14. The molecular formula is C52H34N2O. The van der Waals surface area contributed by atoms with Crippen LogP contribution in [0.3, 0.4) is 0 Å². The summed E-state index contributed by atoms with van der Waals surface area (Å²) < 4.78 is 6.40. The Morgan fingerprint density at radius 2 is 0.782 bits per heavy atom. The second kappa shape index (κ2) is 13.9. The molecule has 3 heteroatoms. The molecule has 0 aliphatic rings. The van der Waals surface area contributed by atoms with Gasteiger partial charge in [-0.25, -0.2) is 4.98 Å². The number of nitrogens with zero attached hydrogens (tertiary/aromatic N) is 2. The van der Waals surface area contributed by atoms with Crippen molar-refractivity contribution in [3.63, 3.8) is 0 Å². The number of furan rings is 1. The van der Waals surface area contributed by atoms with Crippen LogP contribution in [0, 0.1) is 0 Å². The second-order valence-electron chi connectivity index (χ2n) is 13.8. The second-order valence-corrected chi connectivity index (χ2v) is 13.8. The highest BCUT2D eigenvalue weighted by Crippen LogP contribution is 2.39. The maximum Gasteiger partial charge on any atom is 0.231 e. The number of aromatic nitrogens is 2. The van der Waals surface area contributed by atoms with Gasteiger partial charge in [-0.15, -0.1) is 0 Å². The lowest BCUT2D eigenvalue weighted by molar-refractivity contribution is 0.653. The van der Waals surface area contributed by atoms with Gasteiger partial charge in [0.05, 0.1) is 11.1 Å². The molecule has 0 aliphatic carbocycles. The molecule has 0 saturated carbocycles. The molecule has 3 nitrogen and oxygen atoms in total. The number of benzene rings is 8. The minimum Gasteiger partial charge on any atom is -0.438 e. The largest absolute Gasteiger partial charge is 0.438 e. The van der Waals surface area contributed by atoms with E-state index >= 15 is 0 Å². The lowest BCUT2D eigenvalue weighted by atomic mass is 9.90. The molecule has 10 aromatic rings. The number of hydrogen-bond donors (Lipinski definition) is 0. The summed E-state index contributed by atoms with van der Waals surface area (Å²) in [6.07, 6.45) is 0. The molecule has 258 valence electrons. The Balaban J connectivity index is 1.06. The molecule has 0 saturated heterocycles. The van der Waals surface area contributed by atoms with Crippen LogP contribution in [-0.2, 0) is 0 Å². The molecule has 0 unspecified atom stereocenters. The van der Waals surface area contributed by atoms with E-state index in [1.807, 2.05) is 24.3 Å². The van der Waals surface area contributed by atoms with E-state index in [0.29, 0.717) is 11.5 Å². The molecular weight excluding hydrogens is 669 g/mol. The van der Waals surface area contributed by atoms with Crippen LogP contribution in [0.5, 0.6) is 0 Å². The first-order valence-corrected chi connectivity index (χ1v) is 18.6. The Kier molecular flexibility index (Phi) is 8.16. The number of para-hydroxylation sites is 1. The van der Waals surface area contributed by atoms with Crippen molar-refractivity contribution in [3.05, 3.63) is 206 Å². The van der Waals surface area contributed by atoms with Crippen molar-refractivity contribution in [2.24, 2.45) is 0 Å². The topological polar surface area (TPSA) is 38.9 Å². The standard InChI is InChI=1S/C52H34N2O/c1-4-15-35(16-5-1)38-21-13-25-43(32-38)50-49-46-27-10-11-28-48(46)55-52(49)54-51(53-50)44-26-14-24-41(33-44)39-22-12-23-40(31-39)42-29-30-45(36-17-6-2-7-18-36)47(34-42)37-19-8-3-9-20-37/h1-34H. The van der Waals surface area contributed by atoms with Crippen LogP contribution in [0.25, 0.3) is 100 Å². The highest BCUT2D eigenvalue weighted by atomic mass is 16.3. The van der Waals surface area contributed by atoms with Gasteiger partial charge in [-0.3, -0.25) is 0 Å². The summed E-state index contributed by atoms with van der Waals surface area (Å²) in [6, 6.07) is 72.4. The van der Waals surface area contributed by atoms with Gasteiger partial charge in [-0.1, -0.05) is 176 Å². The predicted octanol–water partition coefficient (Wildman–Crippen LogP) is 14.0. The Hall–Kier alpha value is -7.36. The minimum atomic E-state index is 0.576. The van der Waals surface area contributed by atoms with Crippen LogP contribution in [0.1, 0.15) is 0 Å². The van der Waals surface area contributed by atoms with Crippen LogP contribution in [0.2, 0.25) is 0 Å². The van der Waals surface area contributed by atoms with Crippen LogP contribution < -0.4 is 0 Å². The van der Waals surface area contributed by atoms with Gasteiger partial charge in [-0.2, -0.15) is 4.98 Å². The zero-order valence-electron chi connectivity index (χ0n) is 29.9. The van der Waals surface area contributed by atoms with E-state index in [2.05, 4.69) is 182 Å². The summed E-state index contributed by atoms with van der Waals surface area (Å²) in [5.41, 5.74) is 15.8. The Bertz CT molecular complexity index is 2970.